The van der Waals surface area contributed by atoms with Crippen LogP contribution >= 0.6 is 11.6 Å². The molecule has 4 heavy (non-hydrogen) atoms. The number of halogens is 1. The van der Waals surface area contributed by atoms with Crippen LogP contribution in [0.15, 0.2) is 0 Å². The van der Waals surface area contributed by atoms with Gasteiger partial charge >= 0.3 is 0 Å². The van der Waals surface area contributed by atoms with Crippen LogP contribution in [0.25, 0.3) is 0 Å². The van der Waals surface area contributed by atoms with Crippen molar-refractivity contribution < 1.29 is 17.1 Å². The monoisotopic (exact) mass is 137 g/mol. The van der Waals surface area contributed by atoms with Crippen molar-refractivity contribution in [2.75, 3.05) is 5.21 Å². The predicted octanol–water partition coefficient (Wildman–Crippen LogP) is 0.727. The largest absolute Gasteiger partial charge is 0.777 e. The van der Waals surface area contributed by atoms with Gasteiger partial charge in [0, 0.05) is 17.1 Å². The van der Waals surface area contributed by atoms with Gasteiger partial charge in [-0.05, 0) is 0 Å². The van der Waals surface area contributed by atoms with Gasteiger partial charge in [-0.3, -0.25) is 0 Å². The van der Waals surface area contributed by atoms with Crippen LogP contribution in [0.2, 0.25) is 0 Å². The Labute approximate surface area is 46.8 Å². The fourth-order valence-electron chi connectivity index (χ4n) is 0. The molecular formula is CH2ClFeS-. The van der Waals surface area contributed by atoms with Crippen molar-refractivity contribution in [3.8, 4) is 0 Å². The SMILES string of the molecule is [Fe].[S-]CCl. The van der Waals surface area contributed by atoms with E-state index in [4.69, 9.17) is 11.6 Å². The molecule has 0 aliphatic carbocycles. The van der Waals surface area contributed by atoms with Gasteiger partial charge < -0.3 is 12.6 Å². The van der Waals surface area contributed by atoms with E-state index >= 15 is 0 Å². The first-order valence-corrected chi connectivity index (χ1v) is 1.67. The third kappa shape index (κ3) is 11.0. The molecule has 0 saturated carbocycles. The molecule has 0 aromatic heterocycles. The summed E-state index contributed by atoms with van der Waals surface area (Å²) in [5.74, 6) is 0. The Kier molecular flexibility index (Phi) is 19.9. The molecule has 0 heterocycles. The van der Waals surface area contributed by atoms with Crippen molar-refractivity contribution in [2.24, 2.45) is 0 Å². The van der Waals surface area contributed by atoms with E-state index in [0.29, 0.717) is 5.21 Å². The van der Waals surface area contributed by atoms with Gasteiger partial charge in [-0.15, -0.1) is 0 Å². The third-order valence-corrected chi connectivity index (χ3v) is 0. The molecule has 0 aliphatic heterocycles. The maximum Gasteiger partial charge on any atom is 0 e. The summed E-state index contributed by atoms with van der Waals surface area (Å²) in [6, 6.07) is 0. The van der Waals surface area contributed by atoms with Gasteiger partial charge in [0.25, 0.3) is 0 Å². The average molecular weight is 137 g/mol. The summed E-state index contributed by atoms with van der Waals surface area (Å²) in [5, 5.41) is 0.306. The van der Waals surface area contributed by atoms with Crippen molar-refractivity contribution in [3.63, 3.8) is 0 Å². The van der Waals surface area contributed by atoms with Crippen molar-refractivity contribution >= 4 is 24.2 Å². The molecule has 0 aromatic carbocycles. The Bertz CT molecular complexity index is 8.00. The third-order valence-electron chi connectivity index (χ3n) is 0. The number of hydrogen-bond acceptors (Lipinski definition) is 1. The second-order valence-electron chi connectivity index (χ2n) is 0.109. The van der Waals surface area contributed by atoms with Crippen molar-refractivity contribution in [1.29, 1.82) is 0 Å². The molecule has 0 unspecified atom stereocenters. The van der Waals surface area contributed by atoms with Gasteiger partial charge in [-0.25, -0.2) is 0 Å². The fourth-order valence-corrected chi connectivity index (χ4v) is 0. The normalized spacial score (nSPS) is 4.50. The van der Waals surface area contributed by atoms with Crippen LogP contribution in [0.4, 0.5) is 0 Å². The topological polar surface area (TPSA) is 0 Å². The van der Waals surface area contributed by atoms with E-state index < -0.39 is 0 Å². The van der Waals surface area contributed by atoms with Crippen LogP contribution in [0.1, 0.15) is 0 Å². The summed E-state index contributed by atoms with van der Waals surface area (Å²) in [6.45, 7) is 0. The zero-order chi connectivity index (χ0) is 2.71. The van der Waals surface area contributed by atoms with E-state index in [0.717, 1.165) is 0 Å². The van der Waals surface area contributed by atoms with Crippen molar-refractivity contribution in [1.82, 2.24) is 0 Å². The van der Waals surface area contributed by atoms with Crippen LogP contribution < -0.4 is 0 Å². The van der Waals surface area contributed by atoms with E-state index in [1.54, 1.807) is 0 Å². The number of hydrogen-bond donors (Lipinski definition) is 0. The fraction of sp³-hybridized carbons (Fsp3) is 1.00. The molecule has 0 N–H and O–H groups in total. The first-order valence-electron chi connectivity index (χ1n) is 0.556. The number of rotatable bonds is 0. The Balaban J connectivity index is 0. The quantitative estimate of drug-likeness (QED) is 0.269. The standard InChI is InChI=1S/CH3ClS.Fe/c2-1-3;/h3H,1H2;/p-1. The summed E-state index contributed by atoms with van der Waals surface area (Å²) < 4.78 is 0. The van der Waals surface area contributed by atoms with E-state index in [9.17, 15) is 0 Å². The molecule has 0 nitrogen and oxygen atoms in total. The molecule has 3 heteroatoms. The molecule has 0 atom stereocenters. The van der Waals surface area contributed by atoms with E-state index in [2.05, 4.69) is 12.6 Å². The molecule has 0 radical (unpaired) electrons. The van der Waals surface area contributed by atoms with Crippen molar-refractivity contribution in [3.05, 3.63) is 0 Å². The predicted molar refractivity (Wildman–Crippen MR) is 18.1 cm³/mol. The summed E-state index contributed by atoms with van der Waals surface area (Å²) >= 11 is 8.97. The molecule has 0 spiro atoms. The van der Waals surface area contributed by atoms with Crippen LogP contribution in [-0.2, 0) is 29.7 Å². The smallest absolute Gasteiger partial charge is 0 e. The van der Waals surface area contributed by atoms with E-state index in [1.165, 1.54) is 0 Å². The molecule has 0 aromatic rings. The Morgan fingerprint density at radius 2 is 1.75 bits per heavy atom. The molecule has 0 bridgehead atoms. The van der Waals surface area contributed by atoms with E-state index in [-0.39, 0.29) is 17.1 Å². The first kappa shape index (κ1) is 8.94. The summed E-state index contributed by atoms with van der Waals surface area (Å²) in [4.78, 5) is 0. The van der Waals surface area contributed by atoms with Gasteiger partial charge in [-0.2, -0.15) is 11.6 Å². The molecule has 0 aliphatic rings. The van der Waals surface area contributed by atoms with Gasteiger partial charge in [0.2, 0.25) is 0 Å². The van der Waals surface area contributed by atoms with Crippen LogP contribution in [0.3, 0.4) is 0 Å². The minimum absolute atomic E-state index is 0. The van der Waals surface area contributed by atoms with Gasteiger partial charge in [-0.1, -0.05) is 5.21 Å². The zero-order valence-corrected chi connectivity index (χ0v) is 4.52. The molecular weight excluding hydrogens is 135 g/mol. The molecule has 28 valence electrons. The van der Waals surface area contributed by atoms with Crippen LogP contribution in [-0.4, -0.2) is 5.21 Å². The summed E-state index contributed by atoms with van der Waals surface area (Å²) in [6.07, 6.45) is 0. The van der Waals surface area contributed by atoms with Crippen LogP contribution in [0, 0.1) is 0 Å². The molecule has 0 saturated heterocycles. The van der Waals surface area contributed by atoms with Gasteiger partial charge in [0.05, 0.1) is 0 Å². The summed E-state index contributed by atoms with van der Waals surface area (Å²) in [7, 11) is 0. The molecule has 0 amide bonds. The minimum atomic E-state index is 0. The van der Waals surface area contributed by atoms with Gasteiger partial charge in [0.15, 0.2) is 0 Å². The molecule has 0 rings (SSSR count). The second-order valence-corrected chi connectivity index (χ2v) is 0.982. The van der Waals surface area contributed by atoms with Crippen molar-refractivity contribution in [2.45, 2.75) is 0 Å². The summed E-state index contributed by atoms with van der Waals surface area (Å²) in [5.41, 5.74) is 0. The Morgan fingerprint density at radius 1 is 1.75 bits per heavy atom. The first-order chi connectivity index (χ1) is 1.41. The maximum atomic E-state index is 4.81. The maximum absolute atomic E-state index is 4.81. The van der Waals surface area contributed by atoms with Gasteiger partial charge in [0.1, 0.15) is 0 Å². The van der Waals surface area contributed by atoms with Crippen LogP contribution in [0.5, 0.6) is 0 Å². The average Bonchev–Trinajstić information content (AvgIpc) is 0.918. The Hall–Kier alpha value is 1.16. The molecule has 0 fully saturated rings. The second kappa shape index (κ2) is 8.90. The number of alkyl halides is 1. The van der Waals surface area contributed by atoms with E-state index in [1.807, 2.05) is 0 Å². The minimum Gasteiger partial charge on any atom is -0.777 e. The Morgan fingerprint density at radius 3 is 1.75 bits per heavy atom. The zero-order valence-electron chi connectivity index (χ0n) is 1.85.